The van der Waals surface area contributed by atoms with Crippen LogP contribution in [0.5, 0.6) is 0 Å². The molecule has 1 aliphatic rings. The molecule has 1 heteroatoms. The Morgan fingerprint density at radius 1 is 1.22 bits per heavy atom. The van der Waals surface area contributed by atoms with E-state index in [2.05, 4.69) is 24.7 Å². The summed E-state index contributed by atoms with van der Waals surface area (Å²) in [4.78, 5) is 0. The maximum atomic E-state index is 4.00. The molecule has 9 heavy (non-hydrogen) atoms. The summed E-state index contributed by atoms with van der Waals surface area (Å²) in [6.45, 7) is 6.15. The van der Waals surface area contributed by atoms with Gasteiger partial charge >= 0.3 is 0 Å². The third kappa shape index (κ3) is 3.81. The molecule has 0 amide bonds. The van der Waals surface area contributed by atoms with Crippen LogP contribution in [0.2, 0.25) is 0 Å². The van der Waals surface area contributed by atoms with Crippen LogP contribution in [-0.2, 0) is 0 Å². The van der Waals surface area contributed by atoms with Crippen molar-refractivity contribution >= 4 is 0 Å². The second kappa shape index (κ2) is 5.40. The topological polar surface area (TPSA) is 12.0 Å². The van der Waals surface area contributed by atoms with Crippen molar-refractivity contribution in [1.82, 2.24) is 5.32 Å². The lowest BCUT2D eigenvalue weighted by molar-refractivity contribution is 0.612. The van der Waals surface area contributed by atoms with Gasteiger partial charge in [-0.25, -0.2) is 0 Å². The Hall–Kier alpha value is -0.740. The number of terminal acetylenes is 1. The van der Waals surface area contributed by atoms with Gasteiger partial charge in [0.15, 0.2) is 0 Å². The van der Waals surface area contributed by atoms with E-state index < -0.39 is 0 Å². The van der Waals surface area contributed by atoms with E-state index in [-0.39, 0.29) is 0 Å². The third-order valence-corrected chi connectivity index (χ3v) is 1.31. The zero-order chi connectivity index (χ0) is 7.11. The Morgan fingerprint density at radius 2 is 1.67 bits per heavy atom. The largest absolute Gasteiger partial charge is 0.316 e. The van der Waals surface area contributed by atoms with Crippen molar-refractivity contribution in [2.45, 2.75) is 12.8 Å². The predicted molar refractivity (Wildman–Crippen MR) is 41.1 cm³/mol. The van der Waals surface area contributed by atoms with Crippen LogP contribution < -0.4 is 5.32 Å². The minimum absolute atomic E-state index is 1.14. The van der Waals surface area contributed by atoms with Crippen LogP contribution in [-0.4, -0.2) is 13.1 Å². The lowest BCUT2D eigenvalue weighted by Gasteiger charge is -2.12. The number of nitrogens with one attached hydrogen (secondary N) is 1. The van der Waals surface area contributed by atoms with Gasteiger partial charge in [-0.3, -0.25) is 0 Å². The summed E-state index contributed by atoms with van der Waals surface area (Å²) < 4.78 is 0. The smallest absolute Gasteiger partial charge is 0.00116 e. The van der Waals surface area contributed by atoms with Gasteiger partial charge in [-0.1, -0.05) is 12.2 Å². The normalized spacial score (nSPS) is 17.8. The fourth-order valence-electron chi connectivity index (χ4n) is 0.780. The van der Waals surface area contributed by atoms with Gasteiger partial charge in [0.05, 0.1) is 0 Å². The van der Waals surface area contributed by atoms with E-state index in [1.54, 1.807) is 0 Å². The number of piperidine rings is 1. The van der Waals surface area contributed by atoms with Crippen molar-refractivity contribution in [3.05, 3.63) is 12.2 Å². The van der Waals surface area contributed by atoms with Gasteiger partial charge in [0, 0.05) is 0 Å². The summed E-state index contributed by atoms with van der Waals surface area (Å²) in [6.07, 6.45) is 10.4. The zero-order valence-electron chi connectivity index (χ0n) is 5.69. The highest BCUT2D eigenvalue weighted by Gasteiger charge is 1.98. The highest BCUT2D eigenvalue weighted by atomic mass is 14.9. The van der Waals surface area contributed by atoms with Crippen LogP contribution in [0.25, 0.3) is 0 Å². The van der Waals surface area contributed by atoms with E-state index in [0.29, 0.717) is 0 Å². The minimum atomic E-state index is 1.14. The second-order valence-corrected chi connectivity index (χ2v) is 2.00. The molecule has 1 saturated heterocycles. The van der Waals surface area contributed by atoms with E-state index in [4.69, 9.17) is 0 Å². The molecule has 1 rings (SSSR count). The summed E-state index contributed by atoms with van der Waals surface area (Å²) in [6, 6.07) is 0. The molecule has 0 aromatic heterocycles. The molecular weight excluding hydrogens is 110 g/mol. The number of hydrogen-bond donors (Lipinski definition) is 1. The third-order valence-electron chi connectivity index (χ3n) is 1.31. The van der Waals surface area contributed by atoms with Crippen LogP contribution in [0.4, 0.5) is 0 Å². The molecule has 0 aliphatic carbocycles. The van der Waals surface area contributed by atoms with E-state index in [1.807, 2.05) is 0 Å². The van der Waals surface area contributed by atoms with Crippen molar-refractivity contribution in [3.8, 4) is 12.8 Å². The molecule has 0 radical (unpaired) electrons. The van der Waals surface area contributed by atoms with Crippen LogP contribution in [0.1, 0.15) is 12.8 Å². The van der Waals surface area contributed by atoms with Crippen molar-refractivity contribution in [2.75, 3.05) is 13.1 Å². The molecule has 1 N–H and O–H groups in total. The first-order valence-electron chi connectivity index (χ1n) is 3.10. The lowest BCUT2D eigenvalue weighted by atomic mass is 10.1. The SMILES string of the molecule is C#C.C=C1CCNCC1. The molecule has 0 saturated carbocycles. The van der Waals surface area contributed by atoms with E-state index in [1.165, 1.54) is 18.4 Å². The lowest BCUT2D eigenvalue weighted by Crippen LogP contribution is -2.22. The van der Waals surface area contributed by atoms with Gasteiger partial charge in [0.2, 0.25) is 0 Å². The molecule has 1 heterocycles. The van der Waals surface area contributed by atoms with E-state index in [0.717, 1.165) is 13.1 Å². The van der Waals surface area contributed by atoms with Gasteiger partial charge in [-0.15, -0.1) is 12.8 Å². The molecule has 1 fully saturated rings. The molecule has 0 unspecified atom stereocenters. The van der Waals surface area contributed by atoms with E-state index in [9.17, 15) is 0 Å². The fourth-order valence-corrected chi connectivity index (χ4v) is 0.780. The molecule has 50 valence electrons. The Kier molecular flexibility index (Phi) is 4.95. The molecule has 0 aromatic carbocycles. The van der Waals surface area contributed by atoms with Gasteiger partial charge < -0.3 is 5.32 Å². The highest BCUT2D eigenvalue weighted by Crippen LogP contribution is 2.04. The summed E-state index contributed by atoms with van der Waals surface area (Å²) in [7, 11) is 0. The Labute approximate surface area is 57.2 Å². The van der Waals surface area contributed by atoms with Crippen LogP contribution in [0.15, 0.2) is 12.2 Å². The molecule has 0 bridgehead atoms. The first kappa shape index (κ1) is 8.26. The van der Waals surface area contributed by atoms with Crippen LogP contribution in [0, 0.1) is 12.8 Å². The first-order chi connectivity index (χ1) is 4.39. The summed E-state index contributed by atoms with van der Waals surface area (Å²) in [5.41, 5.74) is 1.40. The first-order valence-corrected chi connectivity index (χ1v) is 3.10. The average molecular weight is 123 g/mol. The summed E-state index contributed by atoms with van der Waals surface area (Å²) in [5.74, 6) is 0. The van der Waals surface area contributed by atoms with Gasteiger partial charge in [0.1, 0.15) is 0 Å². The van der Waals surface area contributed by atoms with Crippen LogP contribution in [0.3, 0.4) is 0 Å². The van der Waals surface area contributed by atoms with Crippen LogP contribution >= 0.6 is 0 Å². The molecule has 0 atom stereocenters. The molecule has 0 aromatic rings. The molecule has 1 aliphatic heterocycles. The van der Waals surface area contributed by atoms with Crippen molar-refractivity contribution in [3.63, 3.8) is 0 Å². The zero-order valence-corrected chi connectivity index (χ0v) is 5.69. The standard InChI is InChI=1S/C6H11N.C2H2/c1-6-2-4-7-5-3-6;1-2/h7H,1-5H2;1-2H. The summed E-state index contributed by atoms with van der Waals surface area (Å²) >= 11 is 0. The fraction of sp³-hybridized carbons (Fsp3) is 0.500. The quantitative estimate of drug-likeness (QED) is 0.376. The van der Waals surface area contributed by atoms with E-state index >= 15 is 0 Å². The van der Waals surface area contributed by atoms with Crippen molar-refractivity contribution in [1.29, 1.82) is 0 Å². The molecular formula is C8H13N. The van der Waals surface area contributed by atoms with Crippen molar-refractivity contribution < 1.29 is 0 Å². The maximum Gasteiger partial charge on any atom is -0.00116 e. The monoisotopic (exact) mass is 123 g/mol. The number of rotatable bonds is 0. The van der Waals surface area contributed by atoms with Crippen molar-refractivity contribution in [2.24, 2.45) is 0 Å². The number of hydrogen-bond acceptors (Lipinski definition) is 1. The van der Waals surface area contributed by atoms with Gasteiger partial charge in [-0.05, 0) is 25.9 Å². The Bertz CT molecular complexity index is 94.4. The highest BCUT2D eigenvalue weighted by molar-refractivity contribution is 4.97. The van der Waals surface area contributed by atoms with Gasteiger partial charge in [0.25, 0.3) is 0 Å². The maximum absolute atomic E-state index is 4.00. The Morgan fingerprint density at radius 3 is 1.89 bits per heavy atom. The minimum Gasteiger partial charge on any atom is -0.316 e. The molecule has 1 nitrogen and oxygen atoms in total. The second-order valence-electron chi connectivity index (χ2n) is 2.00. The predicted octanol–water partition coefficient (Wildman–Crippen LogP) is 1.18. The average Bonchev–Trinajstić information content (AvgIpc) is 1.94. The Balaban J connectivity index is 0.000000291. The van der Waals surface area contributed by atoms with Gasteiger partial charge in [-0.2, -0.15) is 0 Å². The summed E-state index contributed by atoms with van der Waals surface area (Å²) in [5, 5.41) is 3.25. The molecule has 0 spiro atoms.